The minimum atomic E-state index is 0.685. The second-order valence-corrected chi connectivity index (χ2v) is 13.2. The van der Waals surface area contributed by atoms with Crippen molar-refractivity contribution in [2.24, 2.45) is 0 Å². The Morgan fingerprint density at radius 2 is 0.962 bits per heavy atom. The third-order valence-corrected chi connectivity index (χ3v) is 10.1. The Bertz CT molecular complexity index is 2930. The van der Waals surface area contributed by atoms with Crippen LogP contribution >= 0.6 is 0 Å². The molecule has 0 radical (unpaired) electrons. The number of pyridine rings is 1. The van der Waals surface area contributed by atoms with E-state index in [0.717, 1.165) is 66.4 Å². The lowest BCUT2D eigenvalue weighted by Gasteiger charge is -2.16. The van der Waals surface area contributed by atoms with E-state index in [1.54, 1.807) is 0 Å². The summed E-state index contributed by atoms with van der Waals surface area (Å²) in [5.74, 6) is 0.685. The van der Waals surface area contributed by atoms with Crippen LogP contribution in [-0.4, -0.2) is 15.0 Å². The Balaban J connectivity index is 1.25. The molecule has 2 heterocycles. The average Bonchev–Trinajstić information content (AvgIpc) is 3.23. The standard InChI is InChI=1S/C49H31N3/c1-3-14-33(15-4-1)46-26-24-36(31-50-46)37-27-38(45-30-35-18-8-9-19-40(35)42-21-11-12-22-43(42)45)29-39(28-37)49-51-47(34-16-5-2-6-17-34)44-25-23-32-13-7-10-20-41(32)48(44)52-49/h1-31H. The molecule has 2 aromatic heterocycles. The highest BCUT2D eigenvalue weighted by Crippen LogP contribution is 2.40. The Morgan fingerprint density at radius 3 is 1.73 bits per heavy atom. The lowest BCUT2D eigenvalue weighted by Crippen LogP contribution is -1.97. The predicted molar refractivity (Wildman–Crippen MR) is 217 cm³/mol. The minimum Gasteiger partial charge on any atom is -0.256 e. The van der Waals surface area contributed by atoms with Gasteiger partial charge in [0.1, 0.15) is 0 Å². The molecule has 0 saturated carbocycles. The normalized spacial score (nSPS) is 11.5. The first kappa shape index (κ1) is 29.9. The fourth-order valence-corrected chi connectivity index (χ4v) is 7.53. The van der Waals surface area contributed by atoms with Crippen molar-refractivity contribution >= 4 is 43.2 Å². The molecule has 3 nitrogen and oxygen atoms in total. The molecule has 52 heavy (non-hydrogen) atoms. The Labute approximate surface area is 301 Å². The van der Waals surface area contributed by atoms with Crippen LogP contribution in [-0.2, 0) is 0 Å². The van der Waals surface area contributed by atoms with Gasteiger partial charge in [-0.25, -0.2) is 9.97 Å². The van der Waals surface area contributed by atoms with Crippen LogP contribution in [0.15, 0.2) is 188 Å². The molecule has 0 aliphatic rings. The smallest absolute Gasteiger partial charge is 0.160 e. The van der Waals surface area contributed by atoms with E-state index in [1.807, 2.05) is 30.5 Å². The number of fused-ring (bicyclic) bond motifs is 6. The van der Waals surface area contributed by atoms with E-state index in [-0.39, 0.29) is 0 Å². The van der Waals surface area contributed by atoms with E-state index >= 15 is 0 Å². The van der Waals surface area contributed by atoms with Crippen LogP contribution in [0.1, 0.15) is 0 Å². The van der Waals surface area contributed by atoms with Crippen LogP contribution in [0, 0.1) is 0 Å². The second-order valence-electron chi connectivity index (χ2n) is 13.2. The highest BCUT2D eigenvalue weighted by atomic mass is 14.9. The lowest BCUT2D eigenvalue weighted by atomic mass is 9.90. The maximum absolute atomic E-state index is 5.37. The molecule has 0 saturated heterocycles. The molecule has 0 unspecified atom stereocenters. The van der Waals surface area contributed by atoms with Crippen LogP contribution < -0.4 is 0 Å². The number of hydrogen-bond acceptors (Lipinski definition) is 3. The summed E-state index contributed by atoms with van der Waals surface area (Å²) in [7, 11) is 0. The topological polar surface area (TPSA) is 38.7 Å². The molecular formula is C49H31N3. The number of hydrogen-bond donors (Lipinski definition) is 0. The third-order valence-electron chi connectivity index (χ3n) is 10.1. The minimum absolute atomic E-state index is 0.685. The van der Waals surface area contributed by atoms with Crippen molar-refractivity contribution in [2.45, 2.75) is 0 Å². The van der Waals surface area contributed by atoms with Crippen molar-refractivity contribution in [1.29, 1.82) is 0 Å². The summed E-state index contributed by atoms with van der Waals surface area (Å²) in [4.78, 5) is 15.6. The average molecular weight is 662 g/mol. The number of nitrogens with zero attached hydrogens (tertiary/aromatic N) is 3. The number of benzene rings is 8. The SMILES string of the molecule is c1ccc(-c2ccc(-c3cc(-c4nc(-c5ccccc5)c5ccc6ccccc6c5n4)cc(-c4cc5ccccc5c5ccccc45)c3)cn2)cc1. The van der Waals surface area contributed by atoms with Gasteiger partial charge in [-0.1, -0.05) is 146 Å². The zero-order chi connectivity index (χ0) is 34.4. The molecule has 10 aromatic rings. The summed E-state index contributed by atoms with van der Waals surface area (Å²) in [6, 6.07) is 64.2. The first-order chi connectivity index (χ1) is 25.8. The molecule has 0 N–H and O–H groups in total. The summed E-state index contributed by atoms with van der Waals surface area (Å²) in [5.41, 5.74) is 10.3. The molecule has 10 rings (SSSR count). The second kappa shape index (κ2) is 12.4. The van der Waals surface area contributed by atoms with Crippen LogP contribution in [0.25, 0.3) is 99.4 Å². The molecule has 0 spiro atoms. The van der Waals surface area contributed by atoms with Gasteiger partial charge >= 0.3 is 0 Å². The highest BCUT2D eigenvalue weighted by Gasteiger charge is 2.17. The first-order valence-corrected chi connectivity index (χ1v) is 17.6. The van der Waals surface area contributed by atoms with E-state index in [4.69, 9.17) is 15.0 Å². The van der Waals surface area contributed by atoms with Crippen molar-refractivity contribution in [1.82, 2.24) is 15.0 Å². The molecule has 0 aliphatic carbocycles. The molecule has 0 atom stereocenters. The third kappa shape index (κ3) is 5.19. The maximum Gasteiger partial charge on any atom is 0.160 e. The quantitative estimate of drug-likeness (QED) is 0.172. The summed E-state index contributed by atoms with van der Waals surface area (Å²) in [5, 5.41) is 8.19. The monoisotopic (exact) mass is 661 g/mol. The molecule has 0 bridgehead atoms. The van der Waals surface area contributed by atoms with Crippen molar-refractivity contribution in [3.63, 3.8) is 0 Å². The molecule has 8 aromatic carbocycles. The highest BCUT2D eigenvalue weighted by molar-refractivity contribution is 6.14. The van der Waals surface area contributed by atoms with E-state index in [9.17, 15) is 0 Å². The van der Waals surface area contributed by atoms with Gasteiger partial charge in [-0.15, -0.1) is 0 Å². The molecular weight excluding hydrogens is 631 g/mol. The number of rotatable bonds is 5. The summed E-state index contributed by atoms with van der Waals surface area (Å²) in [6.07, 6.45) is 1.98. The van der Waals surface area contributed by atoms with Crippen LogP contribution in [0.5, 0.6) is 0 Å². The predicted octanol–water partition coefficient (Wildman–Crippen LogP) is 12.8. The van der Waals surface area contributed by atoms with E-state index in [0.29, 0.717) is 5.82 Å². The Morgan fingerprint density at radius 1 is 0.327 bits per heavy atom. The summed E-state index contributed by atoms with van der Waals surface area (Å²) in [6.45, 7) is 0. The number of aromatic nitrogens is 3. The van der Waals surface area contributed by atoms with Gasteiger partial charge in [0.25, 0.3) is 0 Å². The molecule has 0 fully saturated rings. The molecule has 0 aliphatic heterocycles. The largest absolute Gasteiger partial charge is 0.256 e. The molecule has 242 valence electrons. The Kier molecular flexibility index (Phi) is 7.14. The molecule has 3 heteroatoms. The van der Waals surface area contributed by atoms with Gasteiger partial charge in [0.15, 0.2) is 5.82 Å². The zero-order valence-electron chi connectivity index (χ0n) is 28.2. The van der Waals surface area contributed by atoms with Crippen molar-refractivity contribution < 1.29 is 0 Å². The van der Waals surface area contributed by atoms with Crippen molar-refractivity contribution in [3.8, 4) is 56.2 Å². The van der Waals surface area contributed by atoms with Crippen LogP contribution in [0.2, 0.25) is 0 Å². The first-order valence-electron chi connectivity index (χ1n) is 17.6. The van der Waals surface area contributed by atoms with Gasteiger partial charge in [0, 0.05) is 39.2 Å². The fourth-order valence-electron chi connectivity index (χ4n) is 7.53. The van der Waals surface area contributed by atoms with Crippen molar-refractivity contribution in [3.05, 3.63) is 188 Å². The zero-order valence-corrected chi connectivity index (χ0v) is 28.2. The molecule has 0 amide bonds. The van der Waals surface area contributed by atoms with Gasteiger partial charge in [0.05, 0.1) is 16.9 Å². The Hall–Kier alpha value is -6.97. The summed E-state index contributed by atoms with van der Waals surface area (Å²) >= 11 is 0. The maximum atomic E-state index is 5.37. The van der Waals surface area contributed by atoms with E-state index in [1.165, 1.54) is 27.1 Å². The van der Waals surface area contributed by atoms with Crippen LogP contribution in [0.4, 0.5) is 0 Å². The summed E-state index contributed by atoms with van der Waals surface area (Å²) < 4.78 is 0. The van der Waals surface area contributed by atoms with Gasteiger partial charge in [0.2, 0.25) is 0 Å². The van der Waals surface area contributed by atoms with Gasteiger partial charge in [-0.05, 0) is 80.0 Å². The lowest BCUT2D eigenvalue weighted by molar-refractivity contribution is 1.23. The fraction of sp³-hybridized carbons (Fsp3) is 0. The van der Waals surface area contributed by atoms with Gasteiger partial charge < -0.3 is 0 Å². The van der Waals surface area contributed by atoms with E-state index < -0.39 is 0 Å². The van der Waals surface area contributed by atoms with Gasteiger partial charge in [-0.3, -0.25) is 4.98 Å². The van der Waals surface area contributed by atoms with Crippen molar-refractivity contribution in [2.75, 3.05) is 0 Å². The van der Waals surface area contributed by atoms with Crippen LogP contribution in [0.3, 0.4) is 0 Å². The van der Waals surface area contributed by atoms with E-state index in [2.05, 4.69) is 158 Å². The van der Waals surface area contributed by atoms with Gasteiger partial charge in [-0.2, -0.15) is 0 Å².